The SMILES string of the molecule is CC(C)C[C@H](NC(=O)OC(C)(C)C)[C@H](O)[C@@]1(C)CO1. The summed E-state index contributed by atoms with van der Waals surface area (Å²) in [6, 6.07) is -0.359. The molecule has 0 aromatic carbocycles. The molecule has 1 saturated heterocycles. The molecule has 0 spiro atoms. The summed E-state index contributed by atoms with van der Waals surface area (Å²) in [5.74, 6) is 0.358. The number of aliphatic hydroxyl groups is 1. The van der Waals surface area contributed by atoms with Gasteiger partial charge >= 0.3 is 6.09 Å². The first-order valence-corrected chi connectivity index (χ1v) is 6.85. The Morgan fingerprint density at radius 2 is 2.00 bits per heavy atom. The van der Waals surface area contributed by atoms with Crippen LogP contribution in [0, 0.1) is 5.92 Å². The Bertz CT molecular complexity index is 318. The highest BCUT2D eigenvalue weighted by Gasteiger charge is 2.50. The van der Waals surface area contributed by atoms with Gasteiger partial charge in [-0.15, -0.1) is 0 Å². The van der Waals surface area contributed by atoms with Gasteiger partial charge in [0.15, 0.2) is 0 Å². The molecule has 2 N–H and O–H groups in total. The van der Waals surface area contributed by atoms with Crippen molar-refractivity contribution in [3.63, 3.8) is 0 Å². The number of alkyl carbamates (subject to hydrolysis) is 1. The summed E-state index contributed by atoms with van der Waals surface area (Å²) < 4.78 is 10.5. The van der Waals surface area contributed by atoms with Gasteiger partial charge in [-0.25, -0.2) is 4.79 Å². The predicted molar refractivity (Wildman–Crippen MR) is 73.0 cm³/mol. The fraction of sp³-hybridized carbons (Fsp3) is 0.929. The summed E-state index contributed by atoms with van der Waals surface area (Å²) in [4.78, 5) is 11.8. The Morgan fingerprint density at radius 1 is 1.47 bits per heavy atom. The Hall–Kier alpha value is -0.810. The first-order chi connectivity index (χ1) is 8.53. The predicted octanol–water partition coefficient (Wildman–Crippen LogP) is 2.08. The maximum Gasteiger partial charge on any atom is 0.407 e. The van der Waals surface area contributed by atoms with E-state index >= 15 is 0 Å². The monoisotopic (exact) mass is 273 g/mol. The van der Waals surface area contributed by atoms with Crippen molar-refractivity contribution < 1.29 is 19.4 Å². The number of hydrogen-bond acceptors (Lipinski definition) is 4. The first kappa shape index (κ1) is 16.2. The van der Waals surface area contributed by atoms with Gasteiger partial charge in [-0.2, -0.15) is 0 Å². The van der Waals surface area contributed by atoms with Crippen LogP contribution in [0.3, 0.4) is 0 Å². The molecular weight excluding hydrogens is 246 g/mol. The van der Waals surface area contributed by atoms with Gasteiger partial charge in [-0.1, -0.05) is 13.8 Å². The van der Waals surface area contributed by atoms with E-state index in [1.165, 1.54) is 0 Å². The van der Waals surface area contributed by atoms with Gasteiger partial charge in [0.2, 0.25) is 0 Å². The van der Waals surface area contributed by atoms with Crippen LogP contribution in [0.4, 0.5) is 4.79 Å². The molecular formula is C14H27NO4. The average Bonchev–Trinajstić information content (AvgIpc) is 2.92. The van der Waals surface area contributed by atoms with Crippen molar-refractivity contribution in [2.45, 2.75) is 71.3 Å². The van der Waals surface area contributed by atoms with E-state index in [9.17, 15) is 9.90 Å². The smallest absolute Gasteiger partial charge is 0.407 e. The van der Waals surface area contributed by atoms with Crippen LogP contribution < -0.4 is 5.32 Å². The lowest BCUT2D eigenvalue weighted by Gasteiger charge is -2.29. The van der Waals surface area contributed by atoms with E-state index in [0.717, 1.165) is 0 Å². The number of carbonyl (C=O) groups excluding carboxylic acids is 1. The van der Waals surface area contributed by atoms with Crippen molar-refractivity contribution in [2.24, 2.45) is 5.92 Å². The van der Waals surface area contributed by atoms with Gasteiger partial charge in [0.05, 0.1) is 12.6 Å². The van der Waals surface area contributed by atoms with Crippen LogP contribution in [0.5, 0.6) is 0 Å². The molecule has 5 nitrogen and oxygen atoms in total. The van der Waals surface area contributed by atoms with Crippen LogP contribution in [-0.4, -0.2) is 41.2 Å². The zero-order valence-corrected chi connectivity index (χ0v) is 12.8. The van der Waals surface area contributed by atoms with Gasteiger partial charge in [0.1, 0.15) is 17.3 Å². The number of carbonyl (C=O) groups is 1. The fourth-order valence-corrected chi connectivity index (χ4v) is 1.94. The number of ether oxygens (including phenoxy) is 2. The fourth-order valence-electron chi connectivity index (χ4n) is 1.94. The second kappa shape index (κ2) is 5.67. The lowest BCUT2D eigenvalue weighted by atomic mass is 9.92. The highest BCUT2D eigenvalue weighted by atomic mass is 16.6. The minimum atomic E-state index is -0.720. The van der Waals surface area contributed by atoms with Crippen LogP contribution in [-0.2, 0) is 9.47 Å². The molecule has 3 atom stereocenters. The van der Waals surface area contributed by atoms with Crippen LogP contribution in [0.25, 0.3) is 0 Å². The largest absolute Gasteiger partial charge is 0.444 e. The molecule has 0 bridgehead atoms. The summed E-state index contributed by atoms with van der Waals surface area (Å²) in [5, 5.41) is 13.1. The van der Waals surface area contributed by atoms with E-state index in [2.05, 4.69) is 5.32 Å². The minimum Gasteiger partial charge on any atom is -0.444 e. The molecule has 1 fully saturated rings. The number of aliphatic hydroxyl groups excluding tert-OH is 1. The molecule has 112 valence electrons. The van der Waals surface area contributed by atoms with Gasteiger partial charge in [-0.3, -0.25) is 0 Å². The van der Waals surface area contributed by atoms with Crippen molar-refractivity contribution in [1.82, 2.24) is 5.32 Å². The first-order valence-electron chi connectivity index (χ1n) is 6.85. The number of epoxide rings is 1. The van der Waals surface area contributed by atoms with Gasteiger partial charge < -0.3 is 19.9 Å². The molecule has 0 saturated carbocycles. The second-order valence-corrected chi connectivity index (χ2v) is 6.93. The molecule has 19 heavy (non-hydrogen) atoms. The van der Waals surface area contributed by atoms with Crippen molar-refractivity contribution in [2.75, 3.05) is 6.61 Å². The molecule has 0 aromatic rings. The number of rotatable bonds is 5. The van der Waals surface area contributed by atoms with Crippen LogP contribution in [0.15, 0.2) is 0 Å². The zero-order valence-electron chi connectivity index (χ0n) is 12.8. The third-order valence-electron chi connectivity index (χ3n) is 3.03. The summed E-state index contributed by atoms with van der Waals surface area (Å²) in [6.45, 7) is 11.9. The van der Waals surface area contributed by atoms with Crippen LogP contribution in [0.1, 0.15) is 48.0 Å². The molecule has 1 heterocycles. The molecule has 5 heteroatoms. The third kappa shape index (κ3) is 5.37. The van der Waals surface area contributed by atoms with E-state index in [1.807, 2.05) is 41.5 Å². The molecule has 0 aromatic heterocycles. The number of amides is 1. The third-order valence-corrected chi connectivity index (χ3v) is 3.03. The quantitative estimate of drug-likeness (QED) is 0.752. The van der Waals surface area contributed by atoms with Gasteiger partial charge in [0, 0.05) is 0 Å². The van der Waals surface area contributed by atoms with Gasteiger partial charge in [0.25, 0.3) is 0 Å². The van der Waals surface area contributed by atoms with Gasteiger partial charge in [-0.05, 0) is 40.0 Å². The standard InChI is InChI=1S/C14H27NO4/c1-9(2)7-10(11(16)14(6)8-18-14)15-12(17)19-13(3,4)5/h9-11,16H,7-8H2,1-6H3,(H,15,17)/t10-,11-,14+/m0/s1. The topological polar surface area (TPSA) is 71.1 Å². The average molecular weight is 273 g/mol. The minimum absolute atomic E-state index is 0.358. The Morgan fingerprint density at radius 3 is 2.37 bits per heavy atom. The van der Waals surface area contributed by atoms with E-state index in [4.69, 9.17) is 9.47 Å². The van der Waals surface area contributed by atoms with Crippen molar-refractivity contribution >= 4 is 6.09 Å². The maximum atomic E-state index is 11.8. The van der Waals surface area contributed by atoms with Crippen molar-refractivity contribution in [3.05, 3.63) is 0 Å². The normalized spacial score (nSPS) is 25.9. The molecule has 1 amide bonds. The number of hydrogen-bond donors (Lipinski definition) is 2. The van der Waals surface area contributed by atoms with Crippen LogP contribution >= 0.6 is 0 Å². The van der Waals surface area contributed by atoms with Crippen LogP contribution in [0.2, 0.25) is 0 Å². The number of nitrogens with one attached hydrogen (secondary N) is 1. The van der Waals surface area contributed by atoms with E-state index in [-0.39, 0.29) is 6.04 Å². The Kier molecular flexibility index (Phi) is 4.85. The Labute approximate surface area is 115 Å². The summed E-state index contributed by atoms with van der Waals surface area (Å²) in [7, 11) is 0. The molecule has 1 rings (SSSR count). The van der Waals surface area contributed by atoms with Crippen molar-refractivity contribution in [3.8, 4) is 0 Å². The van der Waals surface area contributed by atoms with E-state index in [0.29, 0.717) is 18.9 Å². The lowest BCUT2D eigenvalue weighted by Crippen LogP contribution is -2.51. The second-order valence-electron chi connectivity index (χ2n) is 6.93. The van der Waals surface area contributed by atoms with Crippen molar-refractivity contribution in [1.29, 1.82) is 0 Å². The Balaban J connectivity index is 2.62. The summed E-state index contributed by atoms with van der Waals surface area (Å²) in [6.07, 6.45) is -0.539. The lowest BCUT2D eigenvalue weighted by molar-refractivity contribution is 0.0228. The maximum absolute atomic E-state index is 11.8. The summed E-state index contributed by atoms with van der Waals surface area (Å²) >= 11 is 0. The molecule has 0 radical (unpaired) electrons. The highest BCUT2D eigenvalue weighted by molar-refractivity contribution is 5.68. The molecule has 1 aliphatic rings. The molecule has 0 unspecified atom stereocenters. The zero-order chi connectivity index (χ0) is 14.8. The van der Waals surface area contributed by atoms with E-state index in [1.54, 1.807) is 0 Å². The summed E-state index contributed by atoms with van der Waals surface area (Å²) in [5.41, 5.74) is -1.08. The van der Waals surface area contributed by atoms with E-state index < -0.39 is 23.4 Å². The highest BCUT2D eigenvalue weighted by Crippen LogP contribution is 2.33. The molecule has 1 aliphatic heterocycles. The molecule has 0 aliphatic carbocycles.